The molecule has 0 aliphatic carbocycles. The van der Waals surface area contributed by atoms with Gasteiger partial charge in [-0.05, 0) is 51.5 Å². The Balaban J connectivity index is 1.99. The Kier molecular flexibility index (Phi) is 7.95. The van der Waals surface area contributed by atoms with Crippen LogP contribution in [0.1, 0.15) is 43.7 Å². The van der Waals surface area contributed by atoms with E-state index in [4.69, 9.17) is 4.42 Å². The summed E-state index contributed by atoms with van der Waals surface area (Å²) in [5.41, 5.74) is 2.21. The quantitative estimate of drug-likeness (QED) is 0.568. The van der Waals surface area contributed by atoms with Gasteiger partial charge in [-0.3, -0.25) is 4.79 Å². The molecule has 6 nitrogen and oxygen atoms in total. The number of oxazole rings is 1. The third-order valence-electron chi connectivity index (χ3n) is 4.83. The summed E-state index contributed by atoms with van der Waals surface area (Å²) < 4.78 is 30.6. The number of aryl methyl sites for hydroxylation is 2. The SMILES string of the molecule is CCN(CC)CCCC(=O)CS(=O)(=O)Cc1nc(-c2ccccc2C)oc1C. The van der Waals surface area contributed by atoms with Crippen molar-refractivity contribution < 1.29 is 17.6 Å². The summed E-state index contributed by atoms with van der Waals surface area (Å²) in [4.78, 5) is 18.7. The highest BCUT2D eigenvalue weighted by Crippen LogP contribution is 2.25. The fourth-order valence-electron chi connectivity index (χ4n) is 3.11. The Bertz CT molecular complexity index is 899. The van der Waals surface area contributed by atoms with Crippen LogP contribution in [0.2, 0.25) is 0 Å². The first kappa shape index (κ1) is 22.3. The van der Waals surface area contributed by atoms with Gasteiger partial charge in [0.25, 0.3) is 0 Å². The van der Waals surface area contributed by atoms with Gasteiger partial charge in [-0.25, -0.2) is 13.4 Å². The number of benzene rings is 1. The number of hydrogen-bond acceptors (Lipinski definition) is 6. The highest BCUT2D eigenvalue weighted by atomic mass is 32.2. The minimum Gasteiger partial charge on any atom is -0.441 e. The summed E-state index contributed by atoms with van der Waals surface area (Å²) in [6.45, 7) is 10.5. The van der Waals surface area contributed by atoms with E-state index in [0.717, 1.165) is 30.8 Å². The van der Waals surface area contributed by atoms with Crippen LogP contribution in [-0.4, -0.2) is 49.5 Å². The zero-order valence-electron chi connectivity index (χ0n) is 17.2. The molecule has 0 saturated heterocycles. The summed E-state index contributed by atoms with van der Waals surface area (Å²) in [7, 11) is -3.58. The average Bonchev–Trinajstić information content (AvgIpc) is 2.98. The number of hydrogen-bond donors (Lipinski definition) is 0. The number of rotatable bonds is 11. The lowest BCUT2D eigenvalue weighted by Crippen LogP contribution is -2.25. The van der Waals surface area contributed by atoms with Crippen molar-refractivity contribution in [2.24, 2.45) is 0 Å². The Labute approximate surface area is 167 Å². The highest BCUT2D eigenvalue weighted by Gasteiger charge is 2.22. The zero-order valence-corrected chi connectivity index (χ0v) is 18.0. The van der Waals surface area contributed by atoms with E-state index >= 15 is 0 Å². The van der Waals surface area contributed by atoms with E-state index in [1.165, 1.54) is 0 Å². The van der Waals surface area contributed by atoms with Crippen LogP contribution < -0.4 is 0 Å². The van der Waals surface area contributed by atoms with Gasteiger partial charge in [-0.1, -0.05) is 32.0 Å². The molecular formula is C21H30N2O4S. The van der Waals surface area contributed by atoms with Gasteiger partial charge in [-0.15, -0.1) is 0 Å². The number of ketones is 1. The maximum absolute atomic E-state index is 12.5. The number of aromatic nitrogens is 1. The van der Waals surface area contributed by atoms with Gasteiger partial charge < -0.3 is 9.32 Å². The summed E-state index contributed by atoms with van der Waals surface area (Å²) >= 11 is 0. The third-order valence-corrected chi connectivity index (χ3v) is 6.31. The number of Topliss-reactive ketones (excluding diaryl/α,β-unsaturated/α-hetero) is 1. The van der Waals surface area contributed by atoms with E-state index < -0.39 is 15.6 Å². The predicted octanol–water partition coefficient (Wildman–Crippen LogP) is 3.56. The van der Waals surface area contributed by atoms with Crippen molar-refractivity contribution in [1.29, 1.82) is 0 Å². The molecule has 28 heavy (non-hydrogen) atoms. The summed E-state index contributed by atoms with van der Waals surface area (Å²) in [6.07, 6.45) is 0.957. The molecule has 0 radical (unpaired) electrons. The minimum absolute atomic E-state index is 0.243. The molecule has 0 atom stereocenters. The summed E-state index contributed by atoms with van der Waals surface area (Å²) in [5, 5.41) is 0. The number of sulfone groups is 1. The van der Waals surface area contributed by atoms with Crippen LogP contribution in [0.15, 0.2) is 28.7 Å². The molecule has 1 aromatic carbocycles. The van der Waals surface area contributed by atoms with Crippen molar-refractivity contribution in [1.82, 2.24) is 9.88 Å². The van der Waals surface area contributed by atoms with E-state index in [1.807, 2.05) is 31.2 Å². The fraction of sp³-hybridized carbons (Fsp3) is 0.524. The molecule has 0 aliphatic rings. The maximum atomic E-state index is 12.5. The first-order valence-electron chi connectivity index (χ1n) is 9.72. The molecule has 0 saturated carbocycles. The molecule has 7 heteroatoms. The third kappa shape index (κ3) is 6.27. The molecular weight excluding hydrogens is 376 g/mol. The van der Waals surface area contributed by atoms with Gasteiger partial charge in [0.2, 0.25) is 5.89 Å². The topological polar surface area (TPSA) is 80.5 Å². The predicted molar refractivity (Wildman–Crippen MR) is 111 cm³/mol. The molecule has 0 bridgehead atoms. The van der Waals surface area contributed by atoms with Gasteiger partial charge in [0.1, 0.15) is 17.3 Å². The van der Waals surface area contributed by atoms with Crippen LogP contribution >= 0.6 is 0 Å². The second-order valence-corrected chi connectivity index (χ2v) is 9.10. The molecule has 154 valence electrons. The summed E-state index contributed by atoms with van der Waals surface area (Å²) in [5.74, 6) is -0.0950. The van der Waals surface area contributed by atoms with E-state index in [-0.39, 0.29) is 18.0 Å². The molecule has 2 rings (SSSR count). The molecule has 0 spiro atoms. The first-order valence-corrected chi connectivity index (χ1v) is 11.5. The van der Waals surface area contributed by atoms with E-state index in [1.54, 1.807) is 6.92 Å². The van der Waals surface area contributed by atoms with Crippen molar-refractivity contribution in [3.63, 3.8) is 0 Å². The molecule has 0 N–H and O–H groups in total. The monoisotopic (exact) mass is 406 g/mol. The van der Waals surface area contributed by atoms with Crippen molar-refractivity contribution in [3.8, 4) is 11.5 Å². The molecule has 0 unspecified atom stereocenters. The second-order valence-electron chi connectivity index (χ2n) is 7.04. The van der Waals surface area contributed by atoms with Gasteiger partial charge in [-0.2, -0.15) is 0 Å². The average molecular weight is 407 g/mol. The number of nitrogens with zero attached hydrogens (tertiary/aromatic N) is 2. The molecule has 0 aliphatic heterocycles. The summed E-state index contributed by atoms with van der Waals surface area (Å²) in [6, 6.07) is 7.64. The molecule has 0 fully saturated rings. The van der Waals surface area contributed by atoms with Crippen molar-refractivity contribution in [2.45, 2.75) is 46.3 Å². The Hall–Kier alpha value is -1.99. The largest absolute Gasteiger partial charge is 0.441 e. The maximum Gasteiger partial charge on any atom is 0.226 e. The van der Waals surface area contributed by atoms with Gasteiger partial charge in [0.05, 0.1) is 11.4 Å². The van der Waals surface area contributed by atoms with Crippen molar-refractivity contribution >= 4 is 15.6 Å². The molecule has 1 heterocycles. The smallest absolute Gasteiger partial charge is 0.226 e. The molecule has 2 aromatic rings. The van der Waals surface area contributed by atoms with Crippen LogP contribution in [0, 0.1) is 13.8 Å². The van der Waals surface area contributed by atoms with Crippen LogP contribution in [-0.2, 0) is 20.4 Å². The standard InChI is InChI=1S/C21H30N2O4S/c1-5-23(6-2)13-9-11-18(24)14-28(25,26)15-20-17(4)27-21(22-20)19-12-8-7-10-16(19)3/h7-8,10,12H,5-6,9,11,13-15H2,1-4H3. The van der Waals surface area contributed by atoms with Crippen LogP contribution in [0.5, 0.6) is 0 Å². The lowest BCUT2D eigenvalue weighted by atomic mass is 10.1. The molecule has 1 aromatic heterocycles. The zero-order chi connectivity index (χ0) is 20.7. The lowest BCUT2D eigenvalue weighted by molar-refractivity contribution is -0.116. The Morgan fingerprint density at radius 1 is 1.14 bits per heavy atom. The van der Waals surface area contributed by atoms with Gasteiger partial charge >= 0.3 is 0 Å². The lowest BCUT2D eigenvalue weighted by Gasteiger charge is -2.17. The Morgan fingerprint density at radius 3 is 2.46 bits per heavy atom. The number of carbonyl (C=O) groups is 1. The molecule has 0 amide bonds. The van der Waals surface area contributed by atoms with Crippen LogP contribution in [0.25, 0.3) is 11.5 Å². The fourth-order valence-corrected chi connectivity index (χ4v) is 4.53. The van der Waals surface area contributed by atoms with E-state index in [2.05, 4.69) is 23.7 Å². The minimum atomic E-state index is -3.58. The van der Waals surface area contributed by atoms with Crippen molar-refractivity contribution in [2.75, 3.05) is 25.4 Å². The normalized spacial score (nSPS) is 11.9. The van der Waals surface area contributed by atoms with Crippen molar-refractivity contribution in [3.05, 3.63) is 41.3 Å². The van der Waals surface area contributed by atoms with Crippen LogP contribution in [0.4, 0.5) is 0 Å². The Morgan fingerprint density at radius 2 is 1.82 bits per heavy atom. The first-order chi connectivity index (χ1) is 13.3. The van der Waals surface area contributed by atoms with E-state index in [9.17, 15) is 13.2 Å². The second kappa shape index (κ2) is 9.98. The number of carbonyl (C=O) groups excluding carboxylic acids is 1. The van der Waals surface area contributed by atoms with E-state index in [0.29, 0.717) is 23.8 Å². The highest BCUT2D eigenvalue weighted by molar-refractivity contribution is 7.91. The van der Waals surface area contributed by atoms with Gasteiger partial charge in [0.15, 0.2) is 9.84 Å². The van der Waals surface area contributed by atoms with Crippen LogP contribution in [0.3, 0.4) is 0 Å². The van der Waals surface area contributed by atoms with Gasteiger partial charge in [0, 0.05) is 12.0 Å².